The molecule has 34 heavy (non-hydrogen) atoms. The molecule has 0 bridgehead atoms. The topological polar surface area (TPSA) is 84.9 Å². The lowest BCUT2D eigenvalue weighted by molar-refractivity contribution is -0.122. The van der Waals surface area contributed by atoms with Gasteiger partial charge in [0.1, 0.15) is 23.7 Å². The first kappa shape index (κ1) is 23.4. The zero-order chi connectivity index (χ0) is 24.2. The first-order chi connectivity index (χ1) is 16.4. The molecule has 0 radical (unpaired) electrons. The molecule has 0 aromatic heterocycles. The second-order valence-corrected chi connectivity index (χ2v) is 8.06. The monoisotopic (exact) mass is 496 g/mol. The number of halogens is 2. The zero-order valence-corrected chi connectivity index (χ0v) is 19.4. The molecule has 4 amide bonds. The summed E-state index contributed by atoms with van der Waals surface area (Å²) in [4.78, 5) is 39.1. The Labute approximate surface area is 205 Å². The van der Waals surface area contributed by atoms with Crippen molar-refractivity contribution in [2.75, 3.05) is 12.0 Å². The summed E-state index contributed by atoms with van der Waals surface area (Å²) < 4.78 is 11.0. The number of carbonyl (C=O) groups excluding carboxylic acids is 3. The number of anilines is 1. The number of hydrogen-bond donors (Lipinski definition) is 1. The fourth-order valence-corrected chi connectivity index (χ4v) is 3.68. The molecular formula is C25H18Cl2N2O5. The maximum atomic E-state index is 13.2. The molecular weight excluding hydrogens is 479 g/mol. The van der Waals surface area contributed by atoms with Crippen LogP contribution in [0.3, 0.4) is 0 Å². The molecule has 3 aromatic rings. The zero-order valence-electron chi connectivity index (χ0n) is 17.9. The van der Waals surface area contributed by atoms with Crippen LogP contribution in [0, 0.1) is 0 Å². The van der Waals surface area contributed by atoms with E-state index in [1.165, 1.54) is 13.2 Å². The number of methoxy groups -OCH3 is 1. The normalized spacial score (nSPS) is 14.9. The van der Waals surface area contributed by atoms with E-state index in [2.05, 4.69) is 5.32 Å². The standard InChI is InChI=1S/C25H18Cl2N2O5/c1-33-19-9-7-18(8-10-19)29-24(31)20(23(30)28-25(29)32)13-16-12-17(26)6-11-22(16)34-14-15-4-2-3-5-21(15)27/h2-13H,14H2,1H3,(H,28,30,32)/b20-13+. The van der Waals surface area contributed by atoms with Crippen molar-refractivity contribution >= 4 is 52.8 Å². The summed E-state index contributed by atoms with van der Waals surface area (Å²) in [6, 6.07) is 17.5. The molecule has 3 aromatic carbocycles. The minimum absolute atomic E-state index is 0.161. The summed E-state index contributed by atoms with van der Waals surface area (Å²) in [5.74, 6) is -0.669. The van der Waals surface area contributed by atoms with Crippen LogP contribution in [0.15, 0.2) is 72.3 Å². The first-order valence-electron chi connectivity index (χ1n) is 10.1. The predicted molar refractivity (Wildman–Crippen MR) is 129 cm³/mol. The molecule has 1 fully saturated rings. The van der Waals surface area contributed by atoms with Gasteiger partial charge in [-0.1, -0.05) is 41.4 Å². The average molecular weight is 497 g/mol. The van der Waals surface area contributed by atoms with Gasteiger partial charge in [0.25, 0.3) is 11.8 Å². The van der Waals surface area contributed by atoms with Gasteiger partial charge in [0.2, 0.25) is 0 Å². The van der Waals surface area contributed by atoms with Crippen LogP contribution in [-0.4, -0.2) is 25.0 Å². The Kier molecular flexibility index (Phi) is 6.86. The summed E-state index contributed by atoms with van der Waals surface area (Å²) in [6.07, 6.45) is 1.34. The SMILES string of the molecule is COc1ccc(N2C(=O)NC(=O)/C(=C\c3cc(Cl)ccc3OCc3ccccc3Cl)C2=O)cc1. The van der Waals surface area contributed by atoms with E-state index in [9.17, 15) is 14.4 Å². The first-order valence-corrected chi connectivity index (χ1v) is 10.8. The van der Waals surface area contributed by atoms with Crippen LogP contribution in [0.5, 0.6) is 11.5 Å². The van der Waals surface area contributed by atoms with Crippen LogP contribution >= 0.6 is 23.2 Å². The number of barbiturate groups is 1. The van der Waals surface area contributed by atoms with Gasteiger partial charge < -0.3 is 9.47 Å². The van der Waals surface area contributed by atoms with Crippen LogP contribution in [0.1, 0.15) is 11.1 Å². The molecule has 1 heterocycles. The molecule has 1 aliphatic heterocycles. The Bertz CT molecular complexity index is 1300. The van der Waals surface area contributed by atoms with Crippen LogP contribution < -0.4 is 19.7 Å². The molecule has 1 saturated heterocycles. The second kappa shape index (κ2) is 9.99. The van der Waals surface area contributed by atoms with Gasteiger partial charge >= 0.3 is 6.03 Å². The lowest BCUT2D eigenvalue weighted by atomic mass is 10.1. The molecule has 1 N–H and O–H groups in total. The molecule has 1 aliphatic rings. The van der Waals surface area contributed by atoms with E-state index in [0.717, 1.165) is 10.5 Å². The maximum Gasteiger partial charge on any atom is 0.335 e. The van der Waals surface area contributed by atoms with E-state index in [1.54, 1.807) is 48.5 Å². The van der Waals surface area contributed by atoms with Gasteiger partial charge in [-0.3, -0.25) is 14.9 Å². The van der Waals surface area contributed by atoms with Crippen molar-refractivity contribution in [2.24, 2.45) is 0 Å². The summed E-state index contributed by atoms with van der Waals surface area (Å²) in [6.45, 7) is 0.161. The molecule has 7 nitrogen and oxygen atoms in total. The van der Waals surface area contributed by atoms with Crippen LogP contribution in [0.2, 0.25) is 10.0 Å². The van der Waals surface area contributed by atoms with E-state index in [1.807, 2.05) is 18.2 Å². The van der Waals surface area contributed by atoms with Gasteiger partial charge in [0.15, 0.2) is 0 Å². The van der Waals surface area contributed by atoms with E-state index in [0.29, 0.717) is 27.1 Å². The van der Waals surface area contributed by atoms with Crippen molar-refractivity contribution in [2.45, 2.75) is 6.61 Å². The Hall–Kier alpha value is -3.81. The minimum atomic E-state index is -0.849. The maximum absolute atomic E-state index is 13.2. The number of nitrogens with one attached hydrogen (secondary N) is 1. The third-order valence-electron chi connectivity index (χ3n) is 5.04. The number of amides is 4. The lowest BCUT2D eigenvalue weighted by Crippen LogP contribution is -2.54. The highest BCUT2D eigenvalue weighted by atomic mass is 35.5. The number of benzene rings is 3. The average Bonchev–Trinajstić information content (AvgIpc) is 2.82. The summed E-state index contributed by atoms with van der Waals surface area (Å²) >= 11 is 12.4. The highest BCUT2D eigenvalue weighted by Gasteiger charge is 2.37. The predicted octanol–water partition coefficient (Wildman–Crippen LogP) is 5.25. The van der Waals surface area contributed by atoms with Crippen molar-refractivity contribution in [1.82, 2.24) is 5.32 Å². The molecule has 9 heteroatoms. The molecule has 0 saturated carbocycles. The molecule has 0 aliphatic carbocycles. The number of hydrogen-bond acceptors (Lipinski definition) is 5. The molecule has 0 spiro atoms. The van der Waals surface area contributed by atoms with Crippen molar-refractivity contribution in [3.8, 4) is 11.5 Å². The number of carbonyl (C=O) groups is 3. The van der Waals surface area contributed by atoms with Crippen molar-refractivity contribution < 1.29 is 23.9 Å². The fourth-order valence-electron chi connectivity index (χ4n) is 3.31. The van der Waals surface area contributed by atoms with Gasteiger partial charge in [-0.25, -0.2) is 9.69 Å². The van der Waals surface area contributed by atoms with Gasteiger partial charge in [-0.15, -0.1) is 0 Å². The number of urea groups is 1. The summed E-state index contributed by atoms with van der Waals surface area (Å²) in [7, 11) is 1.50. The smallest absolute Gasteiger partial charge is 0.335 e. The van der Waals surface area contributed by atoms with Crippen LogP contribution in [0.25, 0.3) is 6.08 Å². The third kappa shape index (κ3) is 4.90. The van der Waals surface area contributed by atoms with E-state index >= 15 is 0 Å². The van der Waals surface area contributed by atoms with Gasteiger partial charge in [-0.2, -0.15) is 0 Å². The van der Waals surface area contributed by atoms with Crippen LogP contribution in [-0.2, 0) is 16.2 Å². The van der Waals surface area contributed by atoms with E-state index < -0.39 is 17.8 Å². The van der Waals surface area contributed by atoms with Crippen molar-refractivity contribution in [3.63, 3.8) is 0 Å². The van der Waals surface area contributed by atoms with Gasteiger partial charge in [0, 0.05) is 21.2 Å². The highest BCUT2D eigenvalue weighted by molar-refractivity contribution is 6.39. The fraction of sp³-hybridized carbons (Fsp3) is 0.0800. The summed E-state index contributed by atoms with van der Waals surface area (Å²) in [5, 5.41) is 3.12. The quantitative estimate of drug-likeness (QED) is 0.372. The van der Waals surface area contributed by atoms with Crippen LogP contribution in [0.4, 0.5) is 10.5 Å². The number of nitrogens with zero attached hydrogens (tertiary/aromatic N) is 1. The third-order valence-corrected chi connectivity index (χ3v) is 5.65. The Morgan fingerprint density at radius 3 is 2.41 bits per heavy atom. The van der Waals surface area contributed by atoms with Crippen molar-refractivity contribution in [3.05, 3.63) is 93.5 Å². The summed E-state index contributed by atoms with van der Waals surface area (Å²) in [5.41, 5.74) is 1.19. The number of ether oxygens (including phenoxy) is 2. The lowest BCUT2D eigenvalue weighted by Gasteiger charge is -2.26. The van der Waals surface area contributed by atoms with Crippen molar-refractivity contribution in [1.29, 1.82) is 0 Å². The minimum Gasteiger partial charge on any atom is -0.497 e. The Balaban J connectivity index is 1.67. The largest absolute Gasteiger partial charge is 0.497 e. The van der Waals surface area contributed by atoms with E-state index in [-0.39, 0.29) is 17.9 Å². The Morgan fingerprint density at radius 2 is 1.71 bits per heavy atom. The van der Waals surface area contributed by atoms with Gasteiger partial charge in [-0.05, 0) is 54.6 Å². The molecule has 172 valence electrons. The van der Waals surface area contributed by atoms with Gasteiger partial charge in [0.05, 0.1) is 12.8 Å². The highest BCUT2D eigenvalue weighted by Crippen LogP contribution is 2.29. The molecule has 0 atom stereocenters. The number of imide groups is 2. The second-order valence-electron chi connectivity index (χ2n) is 7.22. The van der Waals surface area contributed by atoms with E-state index in [4.69, 9.17) is 32.7 Å². The number of rotatable bonds is 6. The Morgan fingerprint density at radius 1 is 0.971 bits per heavy atom. The molecule has 0 unspecified atom stereocenters. The molecule has 4 rings (SSSR count).